The van der Waals surface area contributed by atoms with Crippen molar-refractivity contribution in [1.29, 1.82) is 0 Å². The zero-order chi connectivity index (χ0) is 21.3. The zero-order valence-corrected chi connectivity index (χ0v) is 17.7. The smallest absolute Gasteiger partial charge is 0.408 e. The number of nitrogens with zero attached hydrogens (tertiary/aromatic N) is 3. The molecule has 1 aliphatic heterocycles. The highest BCUT2D eigenvalue weighted by Crippen LogP contribution is 2.28. The number of carbonyl (C=O) groups excluding carboxylic acids is 1. The predicted octanol–water partition coefficient (Wildman–Crippen LogP) is 2.98. The molecule has 2 amide bonds. The SMILES string of the molecule is Cn1c(=O)oc2cc(N3CCN(C(=O)NCCc4ccccc4)C(C)(C)C3)ccc21. The van der Waals surface area contributed by atoms with Gasteiger partial charge < -0.3 is 19.5 Å². The van der Waals surface area contributed by atoms with Gasteiger partial charge in [0.25, 0.3) is 0 Å². The molecule has 1 aromatic heterocycles. The Balaban J connectivity index is 1.40. The summed E-state index contributed by atoms with van der Waals surface area (Å²) in [5.74, 6) is -0.362. The molecular formula is C23H28N4O3. The fraction of sp³-hybridized carbons (Fsp3) is 0.391. The molecule has 0 radical (unpaired) electrons. The van der Waals surface area contributed by atoms with E-state index in [1.54, 1.807) is 7.05 Å². The summed E-state index contributed by atoms with van der Waals surface area (Å²) in [7, 11) is 1.70. The number of fused-ring (bicyclic) bond motifs is 1. The van der Waals surface area contributed by atoms with Crippen LogP contribution in [0.25, 0.3) is 11.1 Å². The van der Waals surface area contributed by atoms with Gasteiger partial charge in [-0.25, -0.2) is 9.59 Å². The Kier molecular flexibility index (Phi) is 5.28. The van der Waals surface area contributed by atoms with Crippen molar-refractivity contribution in [3.8, 4) is 0 Å². The van der Waals surface area contributed by atoms with Crippen molar-refractivity contribution >= 4 is 22.8 Å². The summed E-state index contributed by atoms with van der Waals surface area (Å²) in [6.45, 7) is 6.82. The monoisotopic (exact) mass is 408 g/mol. The summed E-state index contributed by atoms with van der Waals surface area (Å²) in [6, 6.07) is 15.9. The normalized spacial score (nSPS) is 16.1. The first-order valence-electron chi connectivity index (χ1n) is 10.3. The van der Waals surface area contributed by atoms with Crippen LogP contribution in [0.5, 0.6) is 0 Å². The molecular weight excluding hydrogens is 380 g/mol. The number of aromatic nitrogens is 1. The van der Waals surface area contributed by atoms with Gasteiger partial charge in [-0.05, 0) is 38.0 Å². The molecule has 1 aliphatic rings. The van der Waals surface area contributed by atoms with E-state index in [0.29, 0.717) is 25.2 Å². The number of hydrogen-bond donors (Lipinski definition) is 1. The van der Waals surface area contributed by atoms with Gasteiger partial charge in [-0.1, -0.05) is 30.3 Å². The lowest BCUT2D eigenvalue weighted by Crippen LogP contribution is -2.63. The van der Waals surface area contributed by atoms with Crippen molar-refractivity contribution in [2.45, 2.75) is 25.8 Å². The molecule has 2 aromatic carbocycles. The van der Waals surface area contributed by atoms with Crippen LogP contribution in [-0.4, -0.2) is 47.2 Å². The van der Waals surface area contributed by atoms with Gasteiger partial charge in [0.2, 0.25) is 0 Å². The first kappa shape index (κ1) is 20.1. The number of carbonyl (C=O) groups is 1. The average Bonchev–Trinajstić information content (AvgIpc) is 3.01. The van der Waals surface area contributed by atoms with Gasteiger partial charge in [0, 0.05) is 45.0 Å². The summed E-state index contributed by atoms with van der Waals surface area (Å²) in [6.07, 6.45) is 0.815. The third-order valence-corrected chi connectivity index (χ3v) is 5.82. The second kappa shape index (κ2) is 7.89. The molecule has 7 heteroatoms. The molecule has 0 bridgehead atoms. The number of rotatable bonds is 4. The molecule has 2 heterocycles. The molecule has 0 unspecified atom stereocenters. The molecule has 1 fully saturated rings. The van der Waals surface area contributed by atoms with Crippen LogP contribution in [0.4, 0.5) is 10.5 Å². The fourth-order valence-electron chi connectivity index (χ4n) is 4.12. The van der Waals surface area contributed by atoms with Gasteiger partial charge >= 0.3 is 11.8 Å². The van der Waals surface area contributed by atoms with E-state index >= 15 is 0 Å². The number of nitrogens with one attached hydrogen (secondary N) is 1. The van der Waals surface area contributed by atoms with Gasteiger partial charge in [0.15, 0.2) is 5.58 Å². The minimum atomic E-state index is -0.362. The van der Waals surface area contributed by atoms with Gasteiger partial charge in [-0.15, -0.1) is 0 Å². The number of amides is 2. The Morgan fingerprint density at radius 2 is 1.90 bits per heavy atom. The van der Waals surface area contributed by atoms with E-state index in [0.717, 1.165) is 24.2 Å². The molecule has 0 atom stereocenters. The highest BCUT2D eigenvalue weighted by atomic mass is 16.4. The summed E-state index contributed by atoms with van der Waals surface area (Å²) in [4.78, 5) is 28.7. The topological polar surface area (TPSA) is 70.7 Å². The first-order valence-corrected chi connectivity index (χ1v) is 10.3. The van der Waals surface area contributed by atoms with Gasteiger partial charge in [0.1, 0.15) is 0 Å². The molecule has 7 nitrogen and oxygen atoms in total. The largest absolute Gasteiger partial charge is 0.419 e. The lowest BCUT2D eigenvalue weighted by atomic mass is 9.98. The summed E-state index contributed by atoms with van der Waals surface area (Å²) in [5.41, 5.74) is 3.24. The van der Waals surface area contributed by atoms with Gasteiger partial charge in [-0.3, -0.25) is 4.57 Å². The minimum absolute atomic E-state index is 0.0277. The summed E-state index contributed by atoms with van der Waals surface area (Å²) in [5, 5.41) is 3.06. The van der Waals surface area contributed by atoms with E-state index in [-0.39, 0.29) is 17.3 Å². The van der Waals surface area contributed by atoms with Crippen molar-refractivity contribution in [2.24, 2.45) is 7.05 Å². The summed E-state index contributed by atoms with van der Waals surface area (Å²) >= 11 is 0. The number of benzene rings is 2. The van der Waals surface area contributed by atoms with Crippen molar-refractivity contribution in [2.75, 3.05) is 31.1 Å². The van der Waals surface area contributed by atoms with E-state index in [9.17, 15) is 9.59 Å². The van der Waals surface area contributed by atoms with E-state index in [1.807, 2.05) is 41.3 Å². The minimum Gasteiger partial charge on any atom is -0.408 e. The standard InChI is InChI=1S/C23H28N4O3/c1-23(2)16-26(18-9-10-19-20(15-18)30-22(29)25(19)3)13-14-27(23)21(28)24-12-11-17-7-5-4-6-8-17/h4-10,15H,11-14,16H2,1-3H3,(H,24,28). The highest BCUT2D eigenvalue weighted by Gasteiger charge is 2.36. The number of aryl methyl sites for hydroxylation is 1. The molecule has 3 aromatic rings. The Morgan fingerprint density at radius 3 is 2.63 bits per heavy atom. The maximum atomic E-state index is 12.8. The van der Waals surface area contributed by atoms with Gasteiger partial charge in [-0.2, -0.15) is 0 Å². The Hall–Kier alpha value is -3.22. The lowest BCUT2D eigenvalue weighted by Gasteiger charge is -2.47. The van der Waals surface area contributed by atoms with Crippen LogP contribution < -0.4 is 16.0 Å². The van der Waals surface area contributed by atoms with Crippen molar-refractivity contribution in [3.63, 3.8) is 0 Å². The van der Waals surface area contributed by atoms with Crippen LogP contribution in [0.15, 0.2) is 57.7 Å². The first-order chi connectivity index (χ1) is 14.3. The number of hydrogen-bond acceptors (Lipinski definition) is 4. The van der Waals surface area contributed by atoms with Crippen LogP contribution in [-0.2, 0) is 13.5 Å². The van der Waals surface area contributed by atoms with E-state index in [2.05, 4.69) is 36.2 Å². The van der Waals surface area contributed by atoms with E-state index in [4.69, 9.17) is 4.42 Å². The van der Waals surface area contributed by atoms with Crippen LogP contribution >= 0.6 is 0 Å². The Labute approximate surface area is 175 Å². The van der Waals surface area contributed by atoms with Crippen LogP contribution in [0.2, 0.25) is 0 Å². The number of urea groups is 1. The van der Waals surface area contributed by atoms with Gasteiger partial charge in [0.05, 0.1) is 11.1 Å². The molecule has 4 rings (SSSR count). The van der Waals surface area contributed by atoms with E-state index < -0.39 is 0 Å². The van der Waals surface area contributed by atoms with Crippen LogP contribution in [0.1, 0.15) is 19.4 Å². The van der Waals surface area contributed by atoms with E-state index in [1.165, 1.54) is 10.1 Å². The molecule has 158 valence electrons. The number of piperazine rings is 1. The molecule has 0 aliphatic carbocycles. The van der Waals surface area contributed by atoms with Crippen LogP contribution in [0.3, 0.4) is 0 Å². The Bertz CT molecular complexity index is 1100. The Morgan fingerprint density at radius 1 is 1.13 bits per heavy atom. The second-order valence-electron chi connectivity index (χ2n) is 8.43. The maximum absolute atomic E-state index is 12.8. The zero-order valence-electron chi connectivity index (χ0n) is 17.7. The third kappa shape index (κ3) is 3.92. The predicted molar refractivity (Wildman–Crippen MR) is 118 cm³/mol. The fourth-order valence-corrected chi connectivity index (χ4v) is 4.12. The third-order valence-electron chi connectivity index (χ3n) is 5.82. The van der Waals surface area contributed by atoms with Crippen molar-refractivity contribution in [3.05, 3.63) is 64.6 Å². The summed E-state index contributed by atoms with van der Waals surface area (Å²) < 4.78 is 6.83. The molecule has 1 N–H and O–H groups in total. The molecule has 0 spiro atoms. The average molecular weight is 409 g/mol. The van der Waals surface area contributed by atoms with Crippen molar-refractivity contribution in [1.82, 2.24) is 14.8 Å². The lowest BCUT2D eigenvalue weighted by molar-refractivity contribution is 0.124. The molecule has 30 heavy (non-hydrogen) atoms. The van der Waals surface area contributed by atoms with Crippen LogP contribution in [0, 0.1) is 0 Å². The molecule has 0 saturated carbocycles. The number of anilines is 1. The molecule has 1 saturated heterocycles. The number of oxazole rings is 1. The highest BCUT2D eigenvalue weighted by molar-refractivity contribution is 5.78. The quantitative estimate of drug-likeness (QED) is 0.721. The maximum Gasteiger partial charge on any atom is 0.419 e. The second-order valence-corrected chi connectivity index (χ2v) is 8.43. The van der Waals surface area contributed by atoms with Crippen molar-refractivity contribution < 1.29 is 9.21 Å².